The van der Waals surface area contributed by atoms with Gasteiger partial charge in [-0.3, -0.25) is 9.36 Å². The molecule has 2 rings (SSSR count). The van der Waals surface area contributed by atoms with Crippen LogP contribution in [0.5, 0.6) is 0 Å². The highest BCUT2D eigenvalue weighted by Gasteiger charge is 2.17. The third-order valence-electron chi connectivity index (χ3n) is 2.77. The zero-order chi connectivity index (χ0) is 14.7. The largest absolute Gasteiger partial charge is 0.481 e. The summed E-state index contributed by atoms with van der Waals surface area (Å²) in [5, 5.41) is 9.54. The van der Waals surface area contributed by atoms with Crippen molar-refractivity contribution in [3.05, 3.63) is 40.6 Å². The smallest absolute Gasteiger partial charge is 0.313 e. The second-order valence-electron chi connectivity index (χ2n) is 4.59. The maximum absolute atomic E-state index is 10.8. The number of rotatable bonds is 5. The highest BCUT2D eigenvalue weighted by atomic mass is 79.9. The van der Waals surface area contributed by atoms with Crippen LogP contribution >= 0.6 is 27.7 Å². The Kier molecular flexibility index (Phi) is 4.88. The number of benzene rings is 1. The molecule has 0 radical (unpaired) electrons. The summed E-state index contributed by atoms with van der Waals surface area (Å²) in [6.07, 6.45) is 1.81. The fraction of sp³-hybridized carbons (Fsp3) is 0.286. The number of halogens is 1. The molecule has 0 bridgehead atoms. The van der Waals surface area contributed by atoms with Crippen molar-refractivity contribution in [2.75, 3.05) is 5.75 Å². The number of hydrogen-bond acceptors (Lipinski definition) is 3. The average Bonchev–Trinajstić information content (AvgIpc) is 2.80. The van der Waals surface area contributed by atoms with Crippen molar-refractivity contribution in [2.45, 2.75) is 24.9 Å². The van der Waals surface area contributed by atoms with E-state index in [1.54, 1.807) is 0 Å². The Morgan fingerprint density at radius 1 is 1.45 bits per heavy atom. The number of imidazole rings is 1. The van der Waals surface area contributed by atoms with Crippen molar-refractivity contribution in [3.8, 4) is 5.69 Å². The first-order valence-corrected chi connectivity index (χ1v) is 7.95. The molecule has 0 saturated carbocycles. The van der Waals surface area contributed by atoms with E-state index in [1.165, 1.54) is 11.8 Å². The number of carbonyl (C=O) groups is 1. The summed E-state index contributed by atoms with van der Waals surface area (Å²) in [6, 6.07) is 7.85. The molecule has 0 aliphatic rings. The molecule has 6 heteroatoms. The third kappa shape index (κ3) is 3.24. The molecule has 2 aromatic rings. The molecule has 0 aliphatic heterocycles. The second kappa shape index (κ2) is 6.45. The molecule has 0 amide bonds. The van der Waals surface area contributed by atoms with Crippen LogP contribution in [0.15, 0.2) is 40.1 Å². The number of hydrogen-bond donors (Lipinski definition) is 1. The minimum atomic E-state index is -0.845. The number of thioether (sulfide) groups is 1. The van der Waals surface area contributed by atoms with Crippen molar-refractivity contribution in [1.29, 1.82) is 0 Å². The van der Waals surface area contributed by atoms with Crippen LogP contribution < -0.4 is 0 Å². The molecule has 4 nitrogen and oxygen atoms in total. The van der Waals surface area contributed by atoms with Crippen LogP contribution in [0.1, 0.15) is 25.5 Å². The van der Waals surface area contributed by atoms with E-state index in [-0.39, 0.29) is 5.75 Å². The van der Waals surface area contributed by atoms with E-state index < -0.39 is 5.97 Å². The standard InChI is InChI=1S/C14H15BrN2O2S/c1-9(2)12-7-16-14(20-8-13(18)19)17(12)11-6-4-3-5-10(11)15/h3-7,9H,8H2,1-2H3,(H,18,19). The Labute approximate surface area is 130 Å². The molecule has 0 unspecified atom stereocenters. The molecule has 1 N–H and O–H groups in total. The summed E-state index contributed by atoms with van der Waals surface area (Å²) < 4.78 is 2.97. The summed E-state index contributed by atoms with van der Waals surface area (Å²) >= 11 is 4.77. The highest BCUT2D eigenvalue weighted by molar-refractivity contribution is 9.10. The first-order valence-electron chi connectivity index (χ1n) is 6.18. The molecule has 1 aromatic heterocycles. The number of aromatic nitrogens is 2. The van der Waals surface area contributed by atoms with Crippen LogP contribution in [0, 0.1) is 0 Å². The zero-order valence-corrected chi connectivity index (χ0v) is 13.6. The SMILES string of the molecule is CC(C)c1cnc(SCC(=O)O)n1-c1ccccc1Br. The predicted octanol–water partition coefficient (Wildman–Crippen LogP) is 3.93. The predicted molar refractivity (Wildman–Crippen MR) is 83.7 cm³/mol. The molecule has 0 saturated heterocycles. The van der Waals surface area contributed by atoms with Crippen LogP contribution in [-0.4, -0.2) is 26.4 Å². The lowest BCUT2D eigenvalue weighted by molar-refractivity contribution is -0.133. The summed E-state index contributed by atoms with van der Waals surface area (Å²) in [4.78, 5) is 15.1. The van der Waals surface area contributed by atoms with E-state index in [2.05, 4.69) is 34.8 Å². The molecule has 0 spiro atoms. The van der Waals surface area contributed by atoms with Gasteiger partial charge in [0.25, 0.3) is 0 Å². The van der Waals surface area contributed by atoms with E-state index in [1.807, 2.05) is 35.0 Å². The van der Waals surface area contributed by atoms with Crippen LogP contribution in [-0.2, 0) is 4.79 Å². The van der Waals surface area contributed by atoms with Gasteiger partial charge in [0.2, 0.25) is 0 Å². The molecule has 1 aromatic carbocycles. The lowest BCUT2D eigenvalue weighted by atomic mass is 10.1. The van der Waals surface area contributed by atoms with Crippen molar-refractivity contribution >= 4 is 33.7 Å². The average molecular weight is 355 g/mol. The van der Waals surface area contributed by atoms with Crippen LogP contribution in [0.4, 0.5) is 0 Å². The monoisotopic (exact) mass is 354 g/mol. The second-order valence-corrected chi connectivity index (χ2v) is 6.39. The van der Waals surface area contributed by atoms with Crippen LogP contribution in [0.2, 0.25) is 0 Å². The molecule has 20 heavy (non-hydrogen) atoms. The van der Waals surface area contributed by atoms with Gasteiger partial charge < -0.3 is 5.11 Å². The molecule has 106 valence electrons. The normalized spacial score (nSPS) is 11.0. The van der Waals surface area contributed by atoms with Crippen molar-refractivity contribution in [3.63, 3.8) is 0 Å². The lowest BCUT2D eigenvalue weighted by Gasteiger charge is -2.15. The van der Waals surface area contributed by atoms with Gasteiger partial charge in [0.1, 0.15) is 0 Å². The van der Waals surface area contributed by atoms with E-state index in [9.17, 15) is 4.79 Å². The van der Waals surface area contributed by atoms with Gasteiger partial charge in [-0.25, -0.2) is 4.98 Å². The van der Waals surface area contributed by atoms with Gasteiger partial charge in [0.15, 0.2) is 5.16 Å². The Hall–Kier alpha value is -1.27. The molecule has 0 fully saturated rings. The summed E-state index contributed by atoms with van der Waals surface area (Å²) in [5.41, 5.74) is 2.03. The summed E-state index contributed by atoms with van der Waals surface area (Å²) in [7, 11) is 0. The summed E-state index contributed by atoms with van der Waals surface area (Å²) in [5.74, 6) is -0.546. The van der Waals surface area contributed by atoms with Gasteiger partial charge in [0.05, 0.1) is 17.6 Å². The Balaban J connectivity index is 2.50. The van der Waals surface area contributed by atoms with Gasteiger partial charge >= 0.3 is 5.97 Å². The quantitative estimate of drug-likeness (QED) is 0.826. The number of aliphatic carboxylic acids is 1. The Morgan fingerprint density at radius 2 is 2.15 bits per heavy atom. The van der Waals surface area contributed by atoms with E-state index >= 15 is 0 Å². The van der Waals surface area contributed by atoms with Crippen molar-refractivity contribution < 1.29 is 9.90 Å². The fourth-order valence-electron chi connectivity index (χ4n) is 1.86. The molecule has 0 atom stereocenters. The van der Waals surface area contributed by atoms with Crippen LogP contribution in [0.3, 0.4) is 0 Å². The van der Waals surface area contributed by atoms with E-state index in [0.717, 1.165) is 15.9 Å². The molecular weight excluding hydrogens is 340 g/mol. The lowest BCUT2D eigenvalue weighted by Crippen LogP contribution is -2.06. The fourth-order valence-corrected chi connectivity index (χ4v) is 3.03. The molecular formula is C14H15BrN2O2S. The first-order chi connectivity index (χ1) is 9.50. The Bertz CT molecular complexity index is 625. The van der Waals surface area contributed by atoms with Gasteiger partial charge in [-0.2, -0.15) is 0 Å². The maximum atomic E-state index is 10.8. The number of carboxylic acids is 1. The van der Waals surface area contributed by atoms with E-state index in [0.29, 0.717) is 11.1 Å². The van der Waals surface area contributed by atoms with Gasteiger partial charge in [0, 0.05) is 10.2 Å². The topological polar surface area (TPSA) is 55.1 Å². The van der Waals surface area contributed by atoms with Crippen molar-refractivity contribution in [2.24, 2.45) is 0 Å². The molecule has 0 aliphatic carbocycles. The minimum absolute atomic E-state index is 0.000991. The number of carboxylic acid groups (broad SMARTS) is 1. The maximum Gasteiger partial charge on any atom is 0.313 e. The van der Waals surface area contributed by atoms with Gasteiger partial charge in [-0.1, -0.05) is 37.7 Å². The Morgan fingerprint density at radius 3 is 2.75 bits per heavy atom. The zero-order valence-electron chi connectivity index (χ0n) is 11.2. The molecule has 1 heterocycles. The van der Waals surface area contributed by atoms with E-state index in [4.69, 9.17) is 5.11 Å². The van der Waals surface area contributed by atoms with Crippen molar-refractivity contribution in [1.82, 2.24) is 9.55 Å². The number of nitrogens with zero attached hydrogens (tertiary/aromatic N) is 2. The third-order valence-corrected chi connectivity index (χ3v) is 4.37. The van der Waals surface area contributed by atoms with Gasteiger partial charge in [-0.05, 0) is 34.0 Å². The summed E-state index contributed by atoms with van der Waals surface area (Å²) in [6.45, 7) is 4.19. The first kappa shape index (κ1) is 15.1. The van der Waals surface area contributed by atoms with Crippen LogP contribution in [0.25, 0.3) is 5.69 Å². The van der Waals surface area contributed by atoms with Gasteiger partial charge in [-0.15, -0.1) is 0 Å². The minimum Gasteiger partial charge on any atom is -0.481 e. The number of para-hydroxylation sites is 1. The highest BCUT2D eigenvalue weighted by Crippen LogP contribution is 2.30.